The fourth-order valence-corrected chi connectivity index (χ4v) is 1.14. The molecule has 1 rings (SSSR count). The van der Waals surface area contributed by atoms with Crippen molar-refractivity contribution in [3.8, 4) is 6.07 Å². The largest absolute Gasteiger partial charge is 0.263 e. The summed E-state index contributed by atoms with van der Waals surface area (Å²) in [5, 5.41) is 8.86. The number of nitrogens with zero attached hydrogens (tertiary/aromatic N) is 2. The fourth-order valence-electron chi connectivity index (χ4n) is 1.14. The van der Waals surface area contributed by atoms with Gasteiger partial charge in [-0.3, -0.25) is 4.98 Å². The van der Waals surface area contributed by atoms with E-state index in [0.717, 1.165) is 12.0 Å². The van der Waals surface area contributed by atoms with E-state index in [4.69, 9.17) is 5.26 Å². The molecule has 1 aromatic rings. The summed E-state index contributed by atoms with van der Waals surface area (Å²) < 4.78 is 0. The van der Waals surface area contributed by atoms with Gasteiger partial charge in [-0.1, -0.05) is 11.1 Å². The summed E-state index contributed by atoms with van der Waals surface area (Å²) in [5.74, 6) is 0. The first-order valence-electron chi connectivity index (χ1n) is 4.61. The van der Waals surface area contributed by atoms with Crippen molar-refractivity contribution in [2.75, 3.05) is 0 Å². The molecule has 0 aliphatic rings. The van der Waals surface area contributed by atoms with E-state index in [2.05, 4.69) is 31.8 Å². The molecule has 2 nitrogen and oxygen atoms in total. The Hall–Kier alpha value is -1.62. The van der Waals surface area contributed by atoms with E-state index >= 15 is 0 Å². The van der Waals surface area contributed by atoms with E-state index in [1.165, 1.54) is 11.1 Å². The number of pyridine rings is 1. The molecule has 0 bridgehead atoms. The van der Waals surface area contributed by atoms with Crippen LogP contribution in [0.5, 0.6) is 0 Å². The van der Waals surface area contributed by atoms with Gasteiger partial charge in [0, 0.05) is 12.4 Å². The molecule has 0 amide bonds. The minimum absolute atomic E-state index is 0.674. The van der Waals surface area contributed by atoms with Gasteiger partial charge in [0.05, 0.1) is 5.56 Å². The van der Waals surface area contributed by atoms with Crippen LogP contribution in [0.1, 0.15) is 31.9 Å². The Bertz CT molecular complexity index is 393. The first-order valence-corrected chi connectivity index (χ1v) is 4.61. The summed E-state index contributed by atoms with van der Waals surface area (Å²) in [6, 6.07) is 4.06. The number of hydrogen-bond acceptors (Lipinski definition) is 2. The second-order valence-electron chi connectivity index (χ2n) is 3.60. The Morgan fingerprint density at radius 1 is 1.43 bits per heavy atom. The molecule has 2 heteroatoms. The van der Waals surface area contributed by atoms with Gasteiger partial charge in [-0.2, -0.15) is 5.26 Å². The molecule has 0 saturated heterocycles. The summed E-state index contributed by atoms with van der Waals surface area (Å²) >= 11 is 0. The number of aromatic nitrogens is 1. The van der Waals surface area contributed by atoms with Crippen LogP contribution in [0, 0.1) is 11.3 Å². The molecule has 0 aromatic carbocycles. The normalized spacial score (nSPS) is 9.29. The highest BCUT2D eigenvalue weighted by Gasteiger charge is 2.02. The molecule has 0 aliphatic heterocycles. The highest BCUT2D eigenvalue weighted by molar-refractivity contribution is 5.37. The van der Waals surface area contributed by atoms with Gasteiger partial charge in [0.15, 0.2) is 0 Å². The van der Waals surface area contributed by atoms with Crippen molar-refractivity contribution in [2.24, 2.45) is 0 Å². The van der Waals surface area contributed by atoms with Crippen LogP contribution < -0.4 is 0 Å². The van der Waals surface area contributed by atoms with Gasteiger partial charge < -0.3 is 0 Å². The van der Waals surface area contributed by atoms with Crippen molar-refractivity contribution in [2.45, 2.75) is 27.2 Å². The lowest BCUT2D eigenvalue weighted by Gasteiger charge is -2.05. The van der Waals surface area contributed by atoms with Crippen molar-refractivity contribution in [3.05, 3.63) is 40.7 Å². The second-order valence-corrected chi connectivity index (χ2v) is 3.60. The number of hydrogen-bond donors (Lipinski definition) is 0. The Labute approximate surface area is 84.9 Å². The van der Waals surface area contributed by atoms with E-state index < -0.39 is 0 Å². The Balaban J connectivity index is 2.99. The highest BCUT2D eigenvalue weighted by Crippen LogP contribution is 2.13. The predicted molar refractivity (Wildman–Crippen MR) is 56.7 cm³/mol. The maximum absolute atomic E-state index is 8.86. The van der Waals surface area contributed by atoms with Crippen molar-refractivity contribution in [3.63, 3.8) is 0 Å². The monoisotopic (exact) mass is 186 g/mol. The molecule has 0 aliphatic carbocycles. The van der Waals surface area contributed by atoms with Crippen molar-refractivity contribution in [1.29, 1.82) is 5.26 Å². The summed E-state index contributed by atoms with van der Waals surface area (Å²) in [4.78, 5) is 3.93. The van der Waals surface area contributed by atoms with E-state index in [0.29, 0.717) is 5.56 Å². The lowest BCUT2D eigenvalue weighted by Crippen LogP contribution is -1.93. The molecule has 0 spiro atoms. The Morgan fingerprint density at radius 3 is 2.71 bits per heavy atom. The average molecular weight is 186 g/mol. The van der Waals surface area contributed by atoms with Gasteiger partial charge >= 0.3 is 0 Å². The van der Waals surface area contributed by atoms with Crippen LogP contribution in [-0.2, 0) is 6.42 Å². The zero-order chi connectivity index (χ0) is 10.6. The van der Waals surface area contributed by atoms with Crippen LogP contribution in [0.3, 0.4) is 0 Å². The smallest absolute Gasteiger partial charge is 0.101 e. The van der Waals surface area contributed by atoms with Crippen LogP contribution >= 0.6 is 0 Å². The molecule has 0 atom stereocenters. The number of allylic oxidation sites excluding steroid dienone is 2. The van der Waals surface area contributed by atoms with Gasteiger partial charge in [0.25, 0.3) is 0 Å². The van der Waals surface area contributed by atoms with Crippen molar-refractivity contribution in [1.82, 2.24) is 4.98 Å². The van der Waals surface area contributed by atoms with Crippen LogP contribution in [0.2, 0.25) is 0 Å². The fraction of sp³-hybridized carbons (Fsp3) is 0.333. The molecular formula is C12H14N2. The lowest BCUT2D eigenvalue weighted by molar-refractivity contribution is 1.07. The van der Waals surface area contributed by atoms with E-state index in [1.807, 2.05) is 6.07 Å². The number of nitriles is 1. The first-order chi connectivity index (χ1) is 6.65. The topological polar surface area (TPSA) is 36.7 Å². The van der Waals surface area contributed by atoms with Crippen LogP contribution in [-0.4, -0.2) is 4.98 Å². The lowest BCUT2D eigenvalue weighted by atomic mass is 10.0. The zero-order valence-electron chi connectivity index (χ0n) is 8.83. The van der Waals surface area contributed by atoms with Crippen LogP contribution in [0.4, 0.5) is 0 Å². The molecule has 0 unspecified atom stereocenters. The summed E-state index contributed by atoms with van der Waals surface area (Å²) in [6.45, 7) is 6.27. The third-order valence-electron chi connectivity index (χ3n) is 2.34. The quantitative estimate of drug-likeness (QED) is 0.666. The minimum atomic E-state index is 0.674. The molecule has 1 heterocycles. The number of rotatable bonds is 2. The first kappa shape index (κ1) is 10.5. The Kier molecular flexibility index (Phi) is 3.41. The Morgan fingerprint density at radius 2 is 2.14 bits per heavy atom. The van der Waals surface area contributed by atoms with E-state index in [1.54, 1.807) is 12.4 Å². The van der Waals surface area contributed by atoms with Crippen molar-refractivity contribution < 1.29 is 0 Å². The summed E-state index contributed by atoms with van der Waals surface area (Å²) in [6.07, 6.45) is 4.19. The standard InChI is InChI=1S/C12H14N2/c1-9(2)10(3)6-11-4-5-14-8-12(11)7-13/h4-5,8H,6H2,1-3H3. The third-order valence-corrected chi connectivity index (χ3v) is 2.34. The molecule has 0 saturated carbocycles. The molecule has 14 heavy (non-hydrogen) atoms. The zero-order valence-corrected chi connectivity index (χ0v) is 8.83. The van der Waals surface area contributed by atoms with Gasteiger partial charge in [0.1, 0.15) is 6.07 Å². The van der Waals surface area contributed by atoms with Crippen molar-refractivity contribution >= 4 is 0 Å². The molecule has 1 aromatic heterocycles. The minimum Gasteiger partial charge on any atom is -0.263 e. The van der Waals surface area contributed by atoms with Gasteiger partial charge in [-0.05, 0) is 38.8 Å². The SMILES string of the molecule is CC(C)=C(C)Cc1ccncc1C#N. The van der Waals surface area contributed by atoms with Crippen LogP contribution in [0.15, 0.2) is 29.6 Å². The maximum Gasteiger partial charge on any atom is 0.101 e. The molecule has 0 fully saturated rings. The predicted octanol–water partition coefficient (Wildman–Crippen LogP) is 2.85. The van der Waals surface area contributed by atoms with E-state index in [9.17, 15) is 0 Å². The third kappa shape index (κ3) is 2.43. The summed E-state index contributed by atoms with van der Waals surface area (Å²) in [5.41, 5.74) is 4.35. The summed E-state index contributed by atoms with van der Waals surface area (Å²) in [7, 11) is 0. The second kappa shape index (κ2) is 4.57. The highest BCUT2D eigenvalue weighted by atomic mass is 14.6. The molecule has 0 radical (unpaired) electrons. The maximum atomic E-state index is 8.86. The molecule has 72 valence electrons. The van der Waals surface area contributed by atoms with Crippen LogP contribution in [0.25, 0.3) is 0 Å². The van der Waals surface area contributed by atoms with Gasteiger partial charge in [-0.25, -0.2) is 0 Å². The van der Waals surface area contributed by atoms with Gasteiger partial charge in [-0.15, -0.1) is 0 Å². The van der Waals surface area contributed by atoms with Gasteiger partial charge in [0.2, 0.25) is 0 Å². The molecular weight excluding hydrogens is 172 g/mol. The van der Waals surface area contributed by atoms with E-state index in [-0.39, 0.29) is 0 Å². The average Bonchev–Trinajstić information content (AvgIpc) is 2.18. The molecule has 0 N–H and O–H groups in total.